The highest BCUT2D eigenvalue weighted by Gasteiger charge is 2.26. The van der Waals surface area contributed by atoms with E-state index in [4.69, 9.17) is 10.5 Å². The molecule has 20 heavy (non-hydrogen) atoms. The normalized spacial score (nSPS) is 22.4. The van der Waals surface area contributed by atoms with E-state index in [1.165, 1.54) is 0 Å². The Bertz CT molecular complexity index is 471. The maximum atomic E-state index is 12.3. The molecule has 0 spiro atoms. The maximum Gasteiger partial charge on any atom is 0.227 e. The first-order valence-corrected chi connectivity index (χ1v) is 7.77. The molecule has 1 amide bonds. The molecule has 0 heterocycles. The summed E-state index contributed by atoms with van der Waals surface area (Å²) in [6.07, 6.45) is 3.95. The van der Waals surface area contributed by atoms with Gasteiger partial charge in [0.05, 0.1) is 12.8 Å². The molecule has 0 saturated heterocycles. The minimum Gasteiger partial charge on any atom is -0.497 e. The molecule has 1 aromatic rings. The second kappa shape index (κ2) is 7.09. The first-order chi connectivity index (χ1) is 9.63. The number of hydrogen-bond acceptors (Lipinski definition) is 3. The Labute approximate surface area is 128 Å². The number of nitrogens with two attached hydrogens (primary N) is 1. The molecule has 2 rings (SSSR count). The van der Waals surface area contributed by atoms with Gasteiger partial charge in [-0.05, 0) is 66.2 Å². The van der Waals surface area contributed by atoms with Gasteiger partial charge in [0.25, 0.3) is 0 Å². The number of carbonyl (C=O) groups excluding carboxylic acids is 1. The minimum atomic E-state index is 0.0921. The summed E-state index contributed by atoms with van der Waals surface area (Å²) in [5, 5.41) is 2.99. The third-order valence-corrected chi connectivity index (χ3v) is 4.67. The molecule has 0 atom stereocenters. The predicted octanol–water partition coefficient (Wildman–Crippen LogP) is 3.16. The zero-order valence-corrected chi connectivity index (χ0v) is 13.3. The number of benzene rings is 1. The van der Waals surface area contributed by atoms with E-state index in [-0.39, 0.29) is 11.8 Å². The Morgan fingerprint density at radius 1 is 1.40 bits per heavy atom. The number of nitrogens with one attached hydrogen (secondary N) is 1. The molecule has 1 aliphatic carbocycles. The van der Waals surface area contributed by atoms with Gasteiger partial charge in [-0.2, -0.15) is 0 Å². The standard InChI is InChI=1S/C15H21BrN2O2/c1-20-12-6-7-13(16)14(8-12)18-15(19)11-4-2-10(9-17)3-5-11/h6-8,10-11H,2-5,9,17H2,1H3,(H,18,19). The van der Waals surface area contributed by atoms with Crippen molar-refractivity contribution in [2.45, 2.75) is 25.7 Å². The highest BCUT2D eigenvalue weighted by molar-refractivity contribution is 9.10. The summed E-state index contributed by atoms with van der Waals surface area (Å²) in [6.45, 7) is 0.732. The summed E-state index contributed by atoms with van der Waals surface area (Å²) in [5.74, 6) is 1.50. The highest BCUT2D eigenvalue weighted by Crippen LogP contribution is 2.31. The molecule has 5 heteroatoms. The fraction of sp³-hybridized carbons (Fsp3) is 0.533. The lowest BCUT2D eigenvalue weighted by Crippen LogP contribution is -2.29. The van der Waals surface area contributed by atoms with Crippen LogP contribution in [0.1, 0.15) is 25.7 Å². The first-order valence-electron chi connectivity index (χ1n) is 6.98. The van der Waals surface area contributed by atoms with Gasteiger partial charge < -0.3 is 15.8 Å². The van der Waals surface area contributed by atoms with Crippen molar-refractivity contribution in [3.05, 3.63) is 22.7 Å². The van der Waals surface area contributed by atoms with Gasteiger partial charge in [-0.3, -0.25) is 4.79 Å². The van der Waals surface area contributed by atoms with Crippen molar-refractivity contribution < 1.29 is 9.53 Å². The zero-order chi connectivity index (χ0) is 14.5. The molecular weight excluding hydrogens is 320 g/mol. The van der Waals surface area contributed by atoms with Crippen LogP contribution in [0.4, 0.5) is 5.69 Å². The SMILES string of the molecule is COc1ccc(Br)c(NC(=O)C2CCC(CN)CC2)c1. The maximum absolute atomic E-state index is 12.3. The second-order valence-electron chi connectivity index (χ2n) is 5.29. The lowest BCUT2D eigenvalue weighted by molar-refractivity contribution is -0.121. The minimum absolute atomic E-state index is 0.0921. The van der Waals surface area contributed by atoms with Gasteiger partial charge in [-0.1, -0.05) is 0 Å². The van der Waals surface area contributed by atoms with Gasteiger partial charge in [-0.15, -0.1) is 0 Å². The van der Waals surface area contributed by atoms with Crippen LogP contribution in [-0.4, -0.2) is 19.6 Å². The Hall–Kier alpha value is -1.07. The molecule has 1 fully saturated rings. The number of amides is 1. The number of anilines is 1. The van der Waals surface area contributed by atoms with Crippen LogP contribution < -0.4 is 15.8 Å². The molecule has 110 valence electrons. The van der Waals surface area contributed by atoms with Crippen LogP contribution in [0.15, 0.2) is 22.7 Å². The highest BCUT2D eigenvalue weighted by atomic mass is 79.9. The quantitative estimate of drug-likeness (QED) is 0.884. The van der Waals surface area contributed by atoms with Crippen molar-refractivity contribution in [2.75, 3.05) is 19.0 Å². The monoisotopic (exact) mass is 340 g/mol. The molecule has 0 unspecified atom stereocenters. The van der Waals surface area contributed by atoms with Gasteiger partial charge in [0.2, 0.25) is 5.91 Å². The van der Waals surface area contributed by atoms with E-state index in [1.54, 1.807) is 7.11 Å². The molecule has 4 nitrogen and oxygen atoms in total. The first kappa shape index (κ1) is 15.3. The number of methoxy groups -OCH3 is 1. The van der Waals surface area contributed by atoms with Crippen molar-refractivity contribution in [1.29, 1.82) is 0 Å². The van der Waals surface area contributed by atoms with Gasteiger partial charge in [0, 0.05) is 16.5 Å². The smallest absolute Gasteiger partial charge is 0.227 e. The molecule has 1 saturated carbocycles. The number of carbonyl (C=O) groups is 1. The molecule has 0 aliphatic heterocycles. The van der Waals surface area contributed by atoms with Crippen molar-refractivity contribution in [3.63, 3.8) is 0 Å². The molecule has 1 aliphatic rings. The van der Waals surface area contributed by atoms with Crippen LogP contribution >= 0.6 is 15.9 Å². The van der Waals surface area contributed by atoms with Crippen LogP contribution in [0, 0.1) is 11.8 Å². The molecule has 1 aromatic carbocycles. The van der Waals surface area contributed by atoms with Crippen LogP contribution in [0.25, 0.3) is 0 Å². The Kier molecular flexibility index (Phi) is 5.43. The van der Waals surface area contributed by atoms with Crippen molar-refractivity contribution >= 4 is 27.5 Å². The van der Waals surface area contributed by atoms with E-state index < -0.39 is 0 Å². The summed E-state index contributed by atoms with van der Waals surface area (Å²) in [7, 11) is 1.61. The van der Waals surface area contributed by atoms with Crippen LogP contribution in [0.2, 0.25) is 0 Å². The molecule has 3 N–H and O–H groups in total. The molecule has 0 bridgehead atoms. The fourth-order valence-electron chi connectivity index (χ4n) is 2.62. The van der Waals surface area contributed by atoms with Crippen LogP contribution in [0.3, 0.4) is 0 Å². The van der Waals surface area contributed by atoms with E-state index >= 15 is 0 Å². The summed E-state index contributed by atoms with van der Waals surface area (Å²) in [6, 6.07) is 5.56. The molecular formula is C15H21BrN2O2. The predicted molar refractivity (Wildman–Crippen MR) is 83.8 cm³/mol. The van der Waals surface area contributed by atoms with Gasteiger partial charge >= 0.3 is 0 Å². The molecule has 0 aromatic heterocycles. The van der Waals surface area contributed by atoms with E-state index in [0.29, 0.717) is 5.92 Å². The second-order valence-corrected chi connectivity index (χ2v) is 6.14. The van der Waals surface area contributed by atoms with Crippen molar-refractivity contribution in [3.8, 4) is 5.75 Å². The van der Waals surface area contributed by atoms with E-state index in [9.17, 15) is 4.79 Å². The summed E-state index contributed by atoms with van der Waals surface area (Å²) in [4.78, 5) is 12.3. The third-order valence-electron chi connectivity index (χ3n) is 3.98. The van der Waals surface area contributed by atoms with E-state index in [2.05, 4.69) is 21.2 Å². The lowest BCUT2D eigenvalue weighted by atomic mass is 9.81. The van der Waals surface area contributed by atoms with Crippen molar-refractivity contribution in [2.24, 2.45) is 17.6 Å². The largest absolute Gasteiger partial charge is 0.497 e. The zero-order valence-electron chi connectivity index (χ0n) is 11.7. The van der Waals surface area contributed by atoms with Gasteiger partial charge in [0.1, 0.15) is 5.75 Å². The van der Waals surface area contributed by atoms with E-state index in [0.717, 1.165) is 48.1 Å². The Morgan fingerprint density at radius 3 is 2.70 bits per heavy atom. The average molecular weight is 341 g/mol. The van der Waals surface area contributed by atoms with Crippen LogP contribution in [-0.2, 0) is 4.79 Å². The Morgan fingerprint density at radius 2 is 2.10 bits per heavy atom. The molecule has 0 radical (unpaired) electrons. The summed E-state index contributed by atoms with van der Waals surface area (Å²) >= 11 is 3.45. The third kappa shape index (κ3) is 3.73. The van der Waals surface area contributed by atoms with Gasteiger partial charge in [0.15, 0.2) is 0 Å². The fourth-order valence-corrected chi connectivity index (χ4v) is 2.97. The average Bonchev–Trinajstić information content (AvgIpc) is 2.49. The topological polar surface area (TPSA) is 64.3 Å². The van der Waals surface area contributed by atoms with Crippen molar-refractivity contribution in [1.82, 2.24) is 0 Å². The summed E-state index contributed by atoms with van der Waals surface area (Å²) in [5.41, 5.74) is 6.44. The van der Waals surface area contributed by atoms with Gasteiger partial charge in [-0.25, -0.2) is 0 Å². The lowest BCUT2D eigenvalue weighted by Gasteiger charge is -2.26. The number of hydrogen-bond donors (Lipinski definition) is 2. The number of halogens is 1. The number of rotatable bonds is 4. The van der Waals surface area contributed by atoms with Crippen LogP contribution in [0.5, 0.6) is 5.75 Å². The summed E-state index contributed by atoms with van der Waals surface area (Å²) < 4.78 is 6.04. The Balaban J connectivity index is 1.98. The number of ether oxygens (including phenoxy) is 1. The van der Waals surface area contributed by atoms with E-state index in [1.807, 2.05) is 18.2 Å².